The summed E-state index contributed by atoms with van der Waals surface area (Å²) in [5.74, 6) is 0.803. The van der Waals surface area contributed by atoms with Crippen LogP contribution in [0.15, 0.2) is 54.7 Å². The fourth-order valence-electron chi connectivity index (χ4n) is 3.19. The summed E-state index contributed by atoms with van der Waals surface area (Å²) < 4.78 is 26.7. The van der Waals surface area contributed by atoms with E-state index in [4.69, 9.17) is 29.4 Å². The quantitative estimate of drug-likeness (QED) is 0.168. The number of nitrogens with two attached hydrogens (primary N) is 1. The molecule has 0 aliphatic carbocycles. The Bertz CT molecular complexity index is 1220. The van der Waals surface area contributed by atoms with Crippen LogP contribution in [0.5, 0.6) is 28.7 Å². The first-order valence-corrected chi connectivity index (χ1v) is 10.5. The van der Waals surface area contributed by atoms with Gasteiger partial charge in [0.15, 0.2) is 28.8 Å². The van der Waals surface area contributed by atoms with Crippen molar-refractivity contribution in [1.29, 1.82) is 0 Å². The summed E-state index contributed by atoms with van der Waals surface area (Å²) >= 11 is 0. The molecule has 3 aromatic rings. The average molecular weight is 551 g/mol. The van der Waals surface area contributed by atoms with E-state index in [2.05, 4.69) is 4.98 Å². The van der Waals surface area contributed by atoms with Gasteiger partial charge >= 0.3 is 5.97 Å². The lowest BCUT2D eigenvalue weighted by Crippen LogP contribution is -2.10. The second-order valence-electron chi connectivity index (χ2n) is 7.15. The molecule has 0 radical (unpaired) electrons. The molecule has 0 amide bonds. The number of carbonyl (C=O) groups excluding carboxylic acids is 2. The minimum Gasteiger partial charge on any atom is -0.493 e. The predicted molar refractivity (Wildman–Crippen MR) is 144 cm³/mol. The summed E-state index contributed by atoms with van der Waals surface area (Å²) in [6, 6.07) is 11.3. The van der Waals surface area contributed by atoms with Crippen molar-refractivity contribution in [3.8, 4) is 28.7 Å². The van der Waals surface area contributed by atoms with Gasteiger partial charge in [0.05, 0.1) is 39.7 Å². The standard InChI is InChI=1S/C26H26N2O7.2ClH/c1-31-21-10-6-16(11-22(21)35-26(30)17-7-8-19(14-27)28-15-17)5-9-20(29)18-12-23(32-2)25(34-4)24(13-18)33-3;;/h5-13,15H,14,27H2,1-4H3;2*1H/b9-5+;;. The van der Waals surface area contributed by atoms with Crippen molar-refractivity contribution in [3.63, 3.8) is 0 Å². The van der Waals surface area contributed by atoms with Crippen molar-refractivity contribution in [2.24, 2.45) is 5.73 Å². The van der Waals surface area contributed by atoms with E-state index in [1.165, 1.54) is 40.7 Å². The summed E-state index contributed by atoms with van der Waals surface area (Å²) in [5, 5.41) is 0. The summed E-state index contributed by atoms with van der Waals surface area (Å²) in [5.41, 5.74) is 7.43. The van der Waals surface area contributed by atoms with Crippen LogP contribution in [0.3, 0.4) is 0 Å². The Morgan fingerprint density at radius 1 is 0.811 bits per heavy atom. The number of hydrogen-bond donors (Lipinski definition) is 1. The van der Waals surface area contributed by atoms with Gasteiger partial charge in [-0.3, -0.25) is 9.78 Å². The van der Waals surface area contributed by atoms with Crippen LogP contribution < -0.4 is 29.4 Å². The van der Waals surface area contributed by atoms with Crippen molar-refractivity contribution < 1.29 is 33.3 Å². The number of ketones is 1. The van der Waals surface area contributed by atoms with Crippen LogP contribution in [-0.4, -0.2) is 45.2 Å². The monoisotopic (exact) mass is 550 g/mol. The molecule has 0 fully saturated rings. The zero-order valence-corrected chi connectivity index (χ0v) is 22.3. The van der Waals surface area contributed by atoms with Crippen LogP contribution in [0, 0.1) is 0 Å². The van der Waals surface area contributed by atoms with E-state index in [-0.39, 0.29) is 48.5 Å². The van der Waals surface area contributed by atoms with Gasteiger partial charge in [-0.1, -0.05) is 12.1 Å². The van der Waals surface area contributed by atoms with Gasteiger partial charge < -0.3 is 29.4 Å². The van der Waals surface area contributed by atoms with E-state index in [1.54, 1.807) is 48.5 Å². The van der Waals surface area contributed by atoms with Crippen molar-refractivity contribution in [3.05, 3.63) is 77.1 Å². The number of methoxy groups -OCH3 is 4. The highest BCUT2D eigenvalue weighted by Crippen LogP contribution is 2.38. The second-order valence-corrected chi connectivity index (χ2v) is 7.15. The molecule has 2 N–H and O–H groups in total. The molecular formula is C26H28Cl2N2O7. The highest BCUT2D eigenvalue weighted by molar-refractivity contribution is 6.07. The highest BCUT2D eigenvalue weighted by atomic mass is 35.5. The van der Waals surface area contributed by atoms with E-state index in [0.29, 0.717) is 39.8 Å². The summed E-state index contributed by atoms with van der Waals surface area (Å²) in [6.45, 7) is 0.270. The van der Waals surface area contributed by atoms with Crippen molar-refractivity contribution in [2.45, 2.75) is 6.54 Å². The van der Waals surface area contributed by atoms with Crippen LogP contribution in [0.1, 0.15) is 32.0 Å². The number of halogens is 2. The average Bonchev–Trinajstić information content (AvgIpc) is 2.90. The first-order valence-electron chi connectivity index (χ1n) is 10.5. The number of esters is 1. The molecule has 0 bridgehead atoms. The minimum absolute atomic E-state index is 0. The number of carbonyl (C=O) groups is 2. The molecule has 1 aromatic heterocycles. The number of pyridine rings is 1. The lowest BCUT2D eigenvalue weighted by atomic mass is 10.1. The van der Waals surface area contributed by atoms with Gasteiger partial charge in [0.2, 0.25) is 5.75 Å². The number of nitrogens with zero attached hydrogens (tertiary/aromatic N) is 1. The molecule has 0 saturated heterocycles. The van der Waals surface area contributed by atoms with E-state index < -0.39 is 5.97 Å². The molecule has 2 aromatic carbocycles. The predicted octanol–water partition coefficient (Wildman–Crippen LogP) is 4.53. The van der Waals surface area contributed by atoms with Gasteiger partial charge in [-0.2, -0.15) is 0 Å². The number of hydrogen-bond acceptors (Lipinski definition) is 9. The molecule has 1 heterocycles. The van der Waals surface area contributed by atoms with Gasteiger partial charge in [0.1, 0.15) is 0 Å². The Morgan fingerprint density at radius 3 is 1.97 bits per heavy atom. The maximum Gasteiger partial charge on any atom is 0.345 e. The molecule has 198 valence electrons. The number of allylic oxidation sites excluding steroid dienone is 1. The van der Waals surface area contributed by atoms with Gasteiger partial charge in [-0.25, -0.2) is 4.79 Å². The third kappa shape index (κ3) is 7.60. The fraction of sp³-hybridized carbons (Fsp3) is 0.192. The van der Waals surface area contributed by atoms with E-state index in [1.807, 2.05) is 0 Å². The van der Waals surface area contributed by atoms with Crippen LogP contribution in [0.25, 0.3) is 6.08 Å². The Kier molecular flexibility index (Phi) is 12.4. The van der Waals surface area contributed by atoms with E-state index in [9.17, 15) is 9.59 Å². The van der Waals surface area contributed by atoms with Gasteiger partial charge in [0.25, 0.3) is 0 Å². The molecule has 0 aliphatic heterocycles. The lowest BCUT2D eigenvalue weighted by Gasteiger charge is -2.13. The minimum atomic E-state index is -0.603. The normalized spacial score (nSPS) is 10.1. The molecule has 37 heavy (non-hydrogen) atoms. The smallest absolute Gasteiger partial charge is 0.345 e. The van der Waals surface area contributed by atoms with E-state index >= 15 is 0 Å². The molecule has 9 nitrogen and oxygen atoms in total. The molecule has 0 spiro atoms. The SMILES string of the molecule is COc1ccc(/C=C/C(=O)c2cc(OC)c(OC)c(OC)c2)cc1OC(=O)c1ccc(CN)nc1.Cl.Cl. The van der Waals surface area contributed by atoms with Crippen LogP contribution in [0.4, 0.5) is 0 Å². The van der Waals surface area contributed by atoms with E-state index in [0.717, 1.165) is 0 Å². The third-order valence-corrected chi connectivity index (χ3v) is 5.04. The third-order valence-electron chi connectivity index (χ3n) is 5.04. The number of aromatic nitrogens is 1. The van der Waals surface area contributed by atoms with Gasteiger partial charge in [0, 0.05) is 18.3 Å². The Labute approximate surface area is 227 Å². The van der Waals surface area contributed by atoms with Crippen LogP contribution in [-0.2, 0) is 6.54 Å². The molecule has 0 unspecified atom stereocenters. The Hall–Kier alpha value is -3.79. The molecule has 3 rings (SSSR count). The largest absolute Gasteiger partial charge is 0.493 e. The Morgan fingerprint density at radius 2 is 1.46 bits per heavy atom. The summed E-state index contributed by atoms with van der Waals surface area (Å²) in [7, 11) is 5.91. The number of ether oxygens (including phenoxy) is 5. The topological polar surface area (TPSA) is 119 Å². The molecule has 11 heteroatoms. The zero-order chi connectivity index (χ0) is 25.4. The first-order chi connectivity index (χ1) is 16.9. The summed E-state index contributed by atoms with van der Waals surface area (Å²) in [6.07, 6.45) is 4.39. The Balaban J connectivity index is 0.00000342. The van der Waals surface area contributed by atoms with Crippen molar-refractivity contribution in [2.75, 3.05) is 28.4 Å². The second kappa shape index (κ2) is 14.7. The molecule has 0 atom stereocenters. The molecular weight excluding hydrogens is 523 g/mol. The van der Waals surface area contributed by atoms with Crippen molar-refractivity contribution in [1.82, 2.24) is 4.98 Å². The van der Waals surface area contributed by atoms with Crippen molar-refractivity contribution >= 4 is 42.6 Å². The van der Waals surface area contributed by atoms with Gasteiger partial charge in [-0.05, 0) is 48.0 Å². The highest BCUT2D eigenvalue weighted by Gasteiger charge is 2.16. The maximum atomic E-state index is 12.8. The van der Waals surface area contributed by atoms with Crippen LogP contribution >= 0.6 is 24.8 Å². The zero-order valence-electron chi connectivity index (χ0n) is 20.7. The first kappa shape index (κ1) is 31.2. The molecule has 0 saturated carbocycles. The summed E-state index contributed by atoms with van der Waals surface area (Å²) in [4.78, 5) is 29.5. The van der Waals surface area contributed by atoms with Gasteiger partial charge in [-0.15, -0.1) is 24.8 Å². The lowest BCUT2D eigenvalue weighted by molar-refractivity contribution is 0.0729. The number of benzene rings is 2. The maximum absolute atomic E-state index is 12.8. The van der Waals surface area contributed by atoms with Crippen LogP contribution in [0.2, 0.25) is 0 Å². The molecule has 0 aliphatic rings. The fourth-order valence-corrected chi connectivity index (χ4v) is 3.19. The number of rotatable bonds is 10.